The third kappa shape index (κ3) is 3.25. The number of amides is 2. The Bertz CT molecular complexity index is 1120. The average Bonchev–Trinajstić information content (AvgIpc) is 3.52. The van der Waals surface area contributed by atoms with Crippen molar-refractivity contribution in [2.75, 3.05) is 19.6 Å². The molecule has 2 aliphatic rings. The van der Waals surface area contributed by atoms with Crippen LogP contribution >= 0.6 is 11.3 Å². The van der Waals surface area contributed by atoms with Crippen molar-refractivity contribution in [1.29, 1.82) is 0 Å². The fourth-order valence-corrected chi connectivity index (χ4v) is 5.48. The van der Waals surface area contributed by atoms with Crippen molar-refractivity contribution in [3.63, 3.8) is 0 Å². The van der Waals surface area contributed by atoms with E-state index < -0.39 is 0 Å². The van der Waals surface area contributed by atoms with Gasteiger partial charge in [0.25, 0.3) is 5.91 Å². The van der Waals surface area contributed by atoms with Crippen molar-refractivity contribution < 1.29 is 9.59 Å². The van der Waals surface area contributed by atoms with Gasteiger partial charge in [-0.15, -0.1) is 11.3 Å². The van der Waals surface area contributed by atoms with Crippen LogP contribution in [0.1, 0.15) is 41.4 Å². The highest BCUT2D eigenvalue weighted by Gasteiger charge is 2.38. The zero-order valence-corrected chi connectivity index (χ0v) is 17.4. The van der Waals surface area contributed by atoms with Crippen LogP contribution in [0.4, 0.5) is 0 Å². The lowest BCUT2D eigenvalue weighted by atomic mass is 10.0. The number of piperidine rings is 1. The molecule has 30 heavy (non-hydrogen) atoms. The molecule has 5 rings (SSSR count). The summed E-state index contributed by atoms with van der Waals surface area (Å²) in [6.07, 6.45) is 3.05. The zero-order valence-electron chi connectivity index (χ0n) is 16.6. The Morgan fingerprint density at radius 3 is 2.57 bits per heavy atom. The largest absolute Gasteiger partial charge is 0.341 e. The van der Waals surface area contributed by atoms with Gasteiger partial charge in [-0.3, -0.25) is 14.2 Å². The first-order valence-corrected chi connectivity index (χ1v) is 11.3. The van der Waals surface area contributed by atoms with E-state index in [1.54, 1.807) is 4.90 Å². The van der Waals surface area contributed by atoms with Crippen LogP contribution in [-0.2, 0) is 4.79 Å². The van der Waals surface area contributed by atoms with Gasteiger partial charge in [-0.05, 0) is 49.3 Å². The molecule has 8 heteroatoms. The smallest absolute Gasteiger partial charge is 0.326 e. The molecule has 2 saturated heterocycles. The van der Waals surface area contributed by atoms with Gasteiger partial charge in [-0.1, -0.05) is 18.2 Å². The number of nitrogens with zero attached hydrogens (tertiary/aromatic N) is 3. The molecule has 0 unspecified atom stereocenters. The van der Waals surface area contributed by atoms with Gasteiger partial charge in [-0.25, -0.2) is 4.79 Å². The molecule has 1 atom stereocenters. The molecule has 2 aromatic heterocycles. The van der Waals surface area contributed by atoms with Gasteiger partial charge >= 0.3 is 5.69 Å². The lowest BCUT2D eigenvalue weighted by Crippen LogP contribution is -2.50. The number of benzene rings is 1. The van der Waals surface area contributed by atoms with Gasteiger partial charge in [0.05, 0.1) is 15.9 Å². The summed E-state index contributed by atoms with van der Waals surface area (Å²) in [5.41, 5.74) is 1.66. The van der Waals surface area contributed by atoms with Gasteiger partial charge < -0.3 is 14.8 Å². The van der Waals surface area contributed by atoms with Gasteiger partial charge in [0, 0.05) is 25.7 Å². The van der Waals surface area contributed by atoms with Crippen LogP contribution in [0, 0.1) is 0 Å². The van der Waals surface area contributed by atoms with Gasteiger partial charge in [0.2, 0.25) is 5.91 Å². The first-order chi connectivity index (χ1) is 14.6. The van der Waals surface area contributed by atoms with Crippen molar-refractivity contribution in [2.24, 2.45) is 0 Å². The summed E-state index contributed by atoms with van der Waals surface area (Å²) in [6.45, 7) is 1.84. The van der Waals surface area contributed by atoms with E-state index in [9.17, 15) is 14.4 Å². The maximum absolute atomic E-state index is 13.2. The lowest BCUT2D eigenvalue weighted by molar-refractivity contribution is -0.136. The van der Waals surface area contributed by atoms with E-state index in [-0.39, 0.29) is 29.6 Å². The number of nitrogens with one attached hydrogen (secondary N) is 1. The van der Waals surface area contributed by atoms with Gasteiger partial charge in [-0.2, -0.15) is 0 Å². The average molecular weight is 425 g/mol. The summed E-state index contributed by atoms with van der Waals surface area (Å²) in [7, 11) is 0. The second-order valence-electron chi connectivity index (χ2n) is 8.01. The van der Waals surface area contributed by atoms with E-state index in [0.717, 1.165) is 36.7 Å². The highest BCUT2D eigenvalue weighted by molar-refractivity contribution is 7.12. The zero-order chi connectivity index (χ0) is 20.7. The van der Waals surface area contributed by atoms with Crippen LogP contribution in [0.5, 0.6) is 0 Å². The quantitative estimate of drug-likeness (QED) is 0.702. The van der Waals surface area contributed by atoms with E-state index >= 15 is 0 Å². The predicted molar refractivity (Wildman–Crippen MR) is 116 cm³/mol. The first kappa shape index (κ1) is 19.1. The van der Waals surface area contributed by atoms with Crippen LogP contribution in [0.15, 0.2) is 46.6 Å². The number of aromatic nitrogens is 2. The van der Waals surface area contributed by atoms with Gasteiger partial charge in [0.15, 0.2) is 0 Å². The number of aromatic amines is 1. The van der Waals surface area contributed by atoms with Crippen molar-refractivity contribution in [1.82, 2.24) is 19.4 Å². The molecule has 0 radical (unpaired) electrons. The molecular weight excluding hydrogens is 400 g/mol. The van der Waals surface area contributed by atoms with E-state index in [2.05, 4.69) is 4.98 Å². The molecule has 2 aliphatic heterocycles. The molecule has 4 heterocycles. The number of hydrogen-bond donors (Lipinski definition) is 1. The van der Waals surface area contributed by atoms with Crippen LogP contribution in [0.25, 0.3) is 11.0 Å². The van der Waals surface area contributed by atoms with Crippen LogP contribution in [-0.4, -0.2) is 56.8 Å². The fourth-order valence-electron chi connectivity index (χ4n) is 4.80. The second kappa shape index (κ2) is 7.75. The molecule has 2 fully saturated rings. The molecule has 0 spiro atoms. The van der Waals surface area contributed by atoms with Crippen molar-refractivity contribution in [2.45, 2.75) is 37.8 Å². The number of fused-ring (bicyclic) bond motifs is 1. The fraction of sp³-hybridized carbons (Fsp3) is 0.409. The Labute approximate surface area is 177 Å². The van der Waals surface area contributed by atoms with E-state index in [1.807, 2.05) is 51.2 Å². The Hall–Kier alpha value is -2.87. The lowest BCUT2D eigenvalue weighted by Gasteiger charge is -2.35. The number of H-pyrrole nitrogens is 1. The molecule has 0 bridgehead atoms. The van der Waals surface area contributed by atoms with Crippen LogP contribution in [0.3, 0.4) is 0 Å². The molecule has 3 aromatic rings. The van der Waals surface area contributed by atoms with Crippen LogP contribution in [0.2, 0.25) is 0 Å². The number of likely N-dealkylation sites (tertiary alicyclic amines) is 2. The van der Waals surface area contributed by atoms with Crippen molar-refractivity contribution in [3.8, 4) is 0 Å². The maximum Gasteiger partial charge on any atom is 0.326 e. The van der Waals surface area contributed by atoms with Crippen LogP contribution < -0.4 is 5.69 Å². The molecule has 1 N–H and O–H groups in total. The van der Waals surface area contributed by atoms with E-state index in [1.165, 1.54) is 11.3 Å². The Balaban J connectivity index is 1.28. The molecule has 7 nitrogen and oxygen atoms in total. The van der Waals surface area contributed by atoms with Gasteiger partial charge in [0.1, 0.15) is 6.04 Å². The highest BCUT2D eigenvalue weighted by Crippen LogP contribution is 2.28. The number of hydrogen-bond acceptors (Lipinski definition) is 4. The molecular formula is C22H24N4O3S. The summed E-state index contributed by atoms with van der Waals surface area (Å²) in [5, 5.41) is 1.89. The highest BCUT2D eigenvalue weighted by atomic mass is 32.1. The number of rotatable bonds is 3. The molecule has 156 valence electrons. The first-order valence-electron chi connectivity index (χ1n) is 10.5. The number of carbonyl (C=O) groups is 2. The standard InChI is InChI=1S/C22H24N4O3S/c27-20(18-7-3-11-25(18)21(28)19-8-4-14-30-19)24-12-9-15(10-13-24)26-17-6-2-1-5-16(17)23-22(26)29/h1-2,4-6,8,14-15,18H,3,7,9-13H2,(H,23,29)/t18-/m0/s1. The number of thiophene rings is 1. The summed E-state index contributed by atoms with van der Waals surface area (Å²) in [4.78, 5) is 45.7. The number of para-hydroxylation sites is 2. The number of imidazole rings is 1. The summed E-state index contributed by atoms with van der Waals surface area (Å²) in [6, 6.07) is 11.1. The molecule has 1 aromatic carbocycles. The molecule has 2 amide bonds. The Morgan fingerprint density at radius 2 is 1.80 bits per heavy atom. The second-order valence-corrected chi connectivity index (χ2v) is 8.96. The van der Waals surface area contributed by atoms with E-state index in [4.69, 9.17) is 0 Å². The summed E-state index contributed by atoms with van der Waals surface area (Å²) >= 11 is 1.42. The normalized spacial score (nSPS) is 20.2. The van der Waals surface area contributed by atoms with Crippen molar-refractivity contribution in [3.05, 3.63) is 57.1 Å². The minimum absolute atomic E-state index is 0.0407. The topological polar surface area (TPSA) is 78.4 Å². The van der Waals surface area contributed by atoms with E-state index in [0.29, 0.717) is 24.5 Å². The third-order valence-corrected chi connectivity index (χ3v) is 7.15. The minimum Gasteiger partial charge on any atom is -0.341 e. The monoisotopic (exact) mass is 424 g/mol. The predicted octanol–water partition coefficient (Wildman–Crippen LogP) is 2.86. The molecule has 0 saturated carbocycles. The third-order valence-electron chi connectivity index (χ3n) is 6.30. The minimum atomic E-state index is -0.369. The molecule has 0 aliphatic carbocycles. The summed E-state index contributed by atoms with van der Waals surface area (Å²) in [5.74, 6) is 0.00297. The Kier molecular flexibility index (Phi) is 4.94. The maximum atomic E-state index is 13.2. The SMILES string of the molecule is O=C([C@@H]1CCCN1C(=O)c1cccs1)N1CCC(n2c(=O)[nH]c3ccccc32)CC1. The Morgan fingerprint density at radius 1 is 1.00 bits per heavy atom. The summed E-state index contributed by atoms with van der Waals surface area (Å²) < 4.78 is 1.83. The van der Waals surface area contributed by atoms with Crippen molar-refractivity contribution >= 4 is 34.2 Å². The number of carbonyl (C=O) groups excluding carboxylic acids is 2.